The molecule has 0 atom stereocenters. The molecule has 0 aliphatic carbocycles. The Balaban J connectivity index is 1.79. The summed E-state index contributed by atoms with van der Waals surface area (Å²) in [5.41, 5.74) is 6.59. The van der Waals surface area contributed by atoms with Crippen molar-refractivity contribution in [2.75, 3.05) is 19.7 Å². The van der Waals surface area contributed by atoms with Gasteiger partial charge in [0.25, 0.3) is 5.91 Å². The summed E-state index contributed by atoms with van der Waals surface area (Å²) in [5.74, 6) is 1.53. The van der Waals surface area contributed by atoms with E-state index in [1.54, 1.807) is 0 Å². The molecule has 2 rings (SSSR count). The first-order valence-corrected chi connectivity index (χ1v) is 6.88. The molecule has 1 aromatic carbocycles. The standard InChI is InChI=1S/C15H22N2O2/c1-12-6-8-17(9-7-12)15(18)11-19-14-4-2-13(10-16)3-5-14/h2-5,12H,6-11,16H2,1H3. The summed E-state index contributed by atoms with van der Waals surface area (Å²) in [6, 6.07) is 7.55. The Morgan fingerprint density at radius 2 is 1.95 bits per heavy atom. The highest BCUT2D eigenvalue weighted by atomic mass is 16.5. The van der Waals surface area contributed by atoms with Crippen LogP contribution >= 0.6 is 0 Å². The summed E-state index contributed by atoms with van der Waals surface area (Å²) in [5, 5.41) is 0. The molecule has 1 heterocycles. The average Bonchev–Trinajstić information content (AvgIpc) is 2.46. The molecule has 0 saturated carbocycles. The molecule has 0 radical (unpaired) electrons. The second-order valence-electron chi connectivity index (χ2n) is 5.20. The fourth-order valence-corrected chi connectivity index (χ4v) is 2.22. The second kappa shape index (κ2) is 6.57. The van der Waals surface area contributed by atoms with Crippen LogP contribution in [0.3, 0.4) is 0 Å². The molecule has 4 nitrogen and oxygen atoms in total. The number of likely N-dealkylation sites (tertiary alicyclic amines) is 1. The fraction of sp³-hybridized carbons (Fsp3) is 0.533. The van der Waals surface area contributed by atoms with Crippen molar-refractivity contribution in [3.05, 3.63) is 29.8 Å². The first kappa shape index (κ1) is 13.9. The lowest BCUT2D eigenvalue weighted by atomic mass is 9.99. The SMILES string of the molecule is CC1CCN(C(=O)COc2ccc(CN)cc2)CC1. The first-order valence-electron chi connectivity index (χ1n) is 6.88. The van der Waals surface area contributed by atoms with Crippen molar-refractivity contribution in [2.24, 2.45) is 11.7 Å². The molecule has 0 spiro atoms. The van der Waals surface area contributed by atoms with Gasteiger partial charge in [-0.15, -0.1) is 0 Å². The van der Waals surface area contributed by atoms with E-state index in [9.17, 15) is 4.79 Å². The van der Waals surface area contributed by atoms with Crippen molar-refractivity contribution >= 4 is 5.91 Å². The van der Waals surface area contributed by atoms with E-state index >= 15 is 0 Å². The maximum atomic E-state index is 12.0. The first-order chi connectivity index (χ1) is 9.19. The zero-order valence-corrected chi connectivity index (χ0v) is 11.5. The minimum atomic E-state index is 0.0785. The van der Waals surface area contributed by atoms with Crippen molar-refractivity contribution in [3.63, 3.8) is 0 Å². The largest absolute Gasteiger partial charge is 0.484 e. The van der Waals surface area contributed by atoms with E-state index in [0.717, 1.165) is 43.2 Å². The van der Waals surface area contributed by atoms with Crippen molar-refractivity contribution in [1.29, 1.82) is 0 Å². The van der Waals surface area contributed by atoms with Gasteiger partial charge in [-0.3, -0.25) is 4.79 Å². The third kappa shape index (κ3) is 3.96. The Morgan fingerprint density at radius 1 is 1.32 bits per heavy atom. The van der Waals surface area contributed by atoms with Crippen LogP contribution in [0.15, 0.2) is 24.3 Å². The molecule has 1 aliphatic heterocycles. The molecule has 1 fully saturated rings. The minimum Gasteiger partial charge on any atom is -0.484 e. The Hall–Kier alpha value is -1.55. The van der Waals surface area contributed by atoms with Crippen molar-refractivity contribution in [3.8, 4) is 5.75 Å². The highest BCUT2D eigenvalue weighted by Crippen LogP contribution is 2.16. The number of nitrogens with two attached hydrogens (primary N) is 1. The van der Waals surface area contributed by atoms with Gasteiger partial charge in [0.1, 0.15) is 5.75 Å². The van der Waals surface area contributed by atoms with Crippen LogP contribution in [0.4, 0.5) is 0 Å². The summed E-state index contributed by atoms with van der Waals surface area (Å²) < 4.78 is 5.52. The molecule has 4 heteroatoms. The van der Waals surface area contributed by atoms with Crippen LogP contribution in [0.25, 0.3) is 0 Å². The molecule has 2 N–H and O–H groups in total. The third-order valence-electron chi connectivity index (χ3n) is 3.66. The Kier molecular flexibility index (Phi) is 4.80. The van der Waals surface area contributed by atoms with Gasteiger partial charge in [0.15, 0.2) is 6.61 Å². The van der Waals surface area contributed by atoms with Gasteiger partial charge in [0.2, 0.25) is 0 Å². The monoisotopic (exact) mass is 262 g/mol. The van der Waals surface area contributed by atoms with Gasteiger partial charge in [0.05, 0.1) is 0 Å². The lowest BCUT2D eigenvalue weighted by Gasteiger charge is -2.30. The minimum absolute atomic E-state index is 0.0785. The maximum absolute atomic E-state index is 12.0. The number of hydrogen-bond acceptors (Lipinski definition) is 3. The molecule has 1 aliphatic rings. The Bertz CT molecular complexity index is 409. The highest BCUT2D eigenvalue weighted by Gasteiger charge is 2.20. The zero-order chi connectivity index (χ0) is 13.7. The smallest absolute Gasteiger partial charge is 0.260 e. The van der Waals surface area contributed by atoms with Crippen LogP contribution in [0.2, 0.25) is 0 Å². The van der Waals surface area contributed by atoms with E-state index in [4.69, 9.17) is 10.5 Å². The number of carbonyl (C=O) groups excluding carboxylic acids is 1. The zero-order valence-electron chi connectivity index (χ0n) is 11.5. The van der Waals surface area contributed by atoms with E-state index in [0.29, 0.717) is 6.54 Å². The van der Waals surface area contributed by atoms with Crippen LogP contribution in [-0.2, 0) is 11.3 Å². The number of benzene rings is 1. The average molecular weight is 262 g/mol. The molecule has 19 heavy (non-hydrogen) atoms. The van der Waals surface area contributed by atoms with Crippen molar-refractivity contribution < 1.29 is 9.53 Å². The van der Waals surface area contributed by atoms with E-state index in [2.05, 4.69) is 6.92 Å². The normalized spacial score (nSPS) is 16.4. The molecular weight excluding hydrogens is 240 g/mol. The van der Waals surface area contributed by atoms with Gasteiger partial charge in [0, 0.05) is 19.6 Å². The van der Waals surface area contributed by atoms with Crippen LogP contribution in [0.5, 0.6) is 5.75 Å². The van der Waals surface area contributed by atoms with Gasteiger partial charge in [-0.2, -0.15) is 0 Å². The molecule has 0 bridgehead atoms. The highest BCUT2D eigenvalue weighted by molar-refractivity contribution is 5.77. The van der Waals surface area contributed by atoms with Crippen LogP contribution in [0, 0.1) is 5.92 Å². The number of hydrogen-bond donors (Lipinski definition) is 1. The van der Waals surface area contributed by atoms with Gasteiger partial charge in [-0.1, -0.05) is 19.1 Å². The fourth-order valence-electron chi connectivity index (χ4n) is 2.22. The predicted molar refractivity (Wildman–Crippen MR) is 74.8 cm³/mol. The van der Waals surface area contributed by atoms with E-state index in [1.807, 2.05) is 29.2 Å². The summed E-state index contributed by atoms with van der Waals surface area (Å²) in [7, 11) is 0. The summed E-state index contributed by atoms with van der Waals surface area (Å²) >= 11 is 0. The van der Waals surface area contributed by atoms with E-state index in [1.165, 1.54) is 0 Å². The third-order valence-corrected chi connectivity index (χ3v) is 3.66. The molecule has 104 valence electrons. The quantitative estimate of drug-likeness (QED) is 0.900. The van der Waals surface area contributed by atoms with E-state index in [-0.39, 0.29) is 12.5 Å². The van der Waals surface area contributed by atoms with Gasteiger partial charge in [-0.25, -0.2) is 0 Å². The number of nitrogens with zero attached hydrogens (tertiary/aromatic N) is 1. The topological polar surface area (TPSA) is 55.6 Å². The van der Waals surface area contributed by atoms with Gasteiger partial charge < -0.3 is 15.4 Å². The summed E-state index contributed by atoms with van der Waals surface area (Å²) in [6.07, 6.45) is 2.19. The second-order valence-corrected chi connectivity index (χ2v) is 5.20. The molecule has 1 amide bonds. The molecule has 1 aromatic rings. The number of amides is 1. The lowest BCUT2D eigenvalue weighted by molar-refractivity contribution is -0.134. The molecule has 1 saturated heterocycles. The van der Waals surface area contributed by atoms with Crippen LogP contribution < -0.4 is 10.5 Å². The summed E-state index contributed by atoms with van der Waals surface area (Å²) in [4.78, 5) is 13.9. The predicted octanol–water partition coefficient (Wildman–Crippen LogP) is 1.78. The number of ether oxygens (including phenoxy) is 1. The summed E-state index contributed by atoms with van der Waals surface area (Å²) in [6.45, 7) is 4.59. The van der Waals surface area contributed by atoms with Gasteiger partial charge >= 0.3 is 0 Å². The lowest BCUT2D eigenvalue weighted by Crippen LogP contribution is -2.40. The molecular formula is C15H22N2O2. The number of rotatable bonds is 4. The van der Waals surface area contributed by atoms with Gasteiger partial charge in [-0.05, 0) is 36.5 Å². The maximum Gasteiger partial charge on any atom is 0.260 e. The van der Waals surface area contributed by atoms with Crippen LogP contribution in [-0.4, -0.2) is 30.5 Å². The van der Waals surface area contributed by atoms with E-state index < -0.39 is 0 Å². The van der Waals surface area contributed by atoms with Crippen molar-refractivity contribution in [2.45, 2.75) is 26.3 Å². The number of piperidine rings is 1. The Labute approximate surface area is 114 Å². The number of carbonyl (C=O) groups is 1. The van der Waals surface area contributed by atoms with Crippen molar-refractivity contribution in [1.82, 2.24) is 4.90 Å². The Morgan fingerprint density at radius 3 is 2.53 bits per heavy atom. The molecule has 0 unspecified atom stereocenters. The molecule has 0 aromatic heterocycles. The van der Waals surface area contributed by atoms with Crippen LogP contribution in [0.1, 0.15) is 25.3 Å².